The van der Waals surface area contributed by atoms with Crippen LogP contribution in [0.25, 0.3) is 0 Å². The zero-order valence-electron chi connectivity index (χ0n) is 15.0. The van der Waals surface area contributed by atoms with Crippen LogP contribution in [0.3, 0.4) is 0 Å². The van der Waals surface area contributed by atoms with Gasteiger partial charge in [0.2, 0.25) is 5.91 Å². The summed E-state index contributed by atoms with van der Waals surface area (Å²) in [6, 6.07) is 11.3. The van der Waals surface area contributed by atoms with Crippen LogP contribution < -0.4 is 10.1 Å². The Hall–Kier alpha value is -2.43. The minimum absolute atomic E-state index is 0.0862. The molecule has 0 bridgehead atoms. The molecule has 26 heavy (non-hydrogen) atoms. The number of halogens is 2. The van der Waals surface area contributed by atoms with Gasteiger partial charge in [-0.3, -0.25) is 4.79 Å². The first-order valence-electron chi connectivity index (χ1n) is 8.80. The maximum Gasteiger partial charge on any atom is 0.220 e. The number of ether oxygens (including phenoxy) is 1. The van der Waals surface area contributed by atoms with Gasteiger partial charge in [-0.2, -0.15) is 0 Å². The number of carbonyl (C=O) groups excluding carboxylic acids is 1. The second-order valence-corrected chi connectivity index (χ2v) is 6.97. The summed E-state index contributed by atoms with van der Waals surface area (Å²) in [6.45, 7) is 2.38. The van der Waals surface area contributed by atoms with Crippen LogP contribution >= 0.6 is 0 Å². The fourth-order valence-corrected chi connectivity index (χ4v) is 3.60. The summed E-state index contributed by atoms with van der Waals surface area (Å²) in [7, 11) is 1.61. The largest absolute Gasteiger partial charge is 0.496 e. The van der Waals surface area contributed by atoms with Crippen molar-refractivity contribution in [1.29, 1.82) is 0 Å². The molecule has 1 amide bonds. The molecule has 2 aromatic rings. The summed E-state index contributed by atoms with van der Waals surface area (Å²) in [5.41, 5.74) is 1.03. The Kier molecular flexibility index (Phi) is 5.25. The minimum Gasteiger partial charge on any atom is -0.496 e. The Morgan fingerprint density at radius 3 is 2.65 bits per heavy atom. The summed E-state index contributed by atoms with van der Waals surface area (Å²) in [4.78, 5) is 12.3. The first-order chi connectivity index (χ1) is 12.5. The standard InChI is InChI=1S/C21H23F2NO2/c1-14-12-21(14,17-9-8-16(22)11-18(17)23)13-24-20(25)10-7-15-5-3-4-6-19(15)26-2/h3-6,8-9,11,14H,7,10,12-13H2,1-2H3,(H,24,25). The average molecular weight is 359 g/mol. The zero-order valence-corrected chi connectivity index (χ0v) is 15.0. The van der Waals surface area contributed by atoms with Gasteiger partial charge in [0.1, 0.15) is 17.4 Å². The van der Waals surface area contributed by atoms with Crippen molar-refractivity contribution in [3.63, 3.8) is 0 Å². The van der Waals surface area contributed by atoms with E-state index in [-0.39, 0.29) is 11.8 Å². The lowest BCUT2D eigenvalue weighted by molar-refractivity contribution is -0.121. The van der Waals surface area contributed by atoms with E-state index in [2.05, 4.69) is 5.32 Å². The average Bonchev–Trinajstić information content (AvgIpc) is 3.29. The lowest BCUT2D eigenvalue weighted by Gasteiger charge is -2.19. The molecule has 1 aliphatic carbocycles. The molecule has 2 unspecified atom stereocenters. The number of hydrogen-bond donors (Lipinski definition) is 1. The SMILES string of the molecule is COc1ccccc1CCC(=O)NCC1(c2ccc(F)cc2F)CC1C. The second kappa shape index (κ2) is 7.44. The van der Waals surface area contributed by atoms with Gasteiger partial charge in [-0.25, -0.2) is 8.78 Å². The van der Waals surface area contributed by atoms with Gasteiger partial charge in [-0.1, -0.05) is 31.2 Å². The monoisotopic (exact) mass is 359 g/mol. The Bertz CT molecular complexity index is 808. The van der Waals surface area contributed by atoms with Gasteiger partial charge < -0.3 is 10.1 Å². The van der Waals surface area contributed by atoms with Crippen LogP contribution in [0.4, 0.5) is 8.78 Å². The number of methoxy groups -OCH3 is 1. The third kappa shape index (κ3) is 3.71. The molecular formula is C21H23F2NO2. The topological polar surface area (TPSA) is 38.3 Å². The lowest BCUT2D eigenvalue weighted by atomic mass is 9.92. The van der Waals surface area contributed by atoms with E-state index in [0.29, 0.717) is 24.9 Å². The number of hydrogen-bond acceptors (Lipinski definition) is 2. The van der Waals surface area contributed by atoms with Crippen LogP contribution in [0.1, 0.15) is 30.9 Å². The Balaban J connectivity index is 1.60. The van der Waals surface area contributed by atoms with Gasteiger partial charge in [0, 0.05) is 24.4 Å². The summed E-state index contributed by atoms with van der Waals surface area (Å²) >= 11 is 0. The quantitative estimate of drug-likeness (QED) is 0.811. The summed E-state index contributed by atoms with van der Waals surface area (Å²) in [5, 5.41) is 2.92. The zero-order chi connectivity index (χ0) is 18.7. The summed E-state index contributed by atoms with van der Waals surface area (Å²) < 4.78 is 32.6. The second-order valence-electron chi connectivity index (χ2n) is 6.97. The number of carbonyl (C=O) groups is 1. The molecule has 0 saturated heterocycles. The van der Waals surface area contributed by atoms with Gasteiger partial charge in [0.05, 0.1) is 7.11 Å². The molecular weight excluding hydrogens is 336 g/mol. The Labute approximate surface area is 152 Å². The highest BCUT2D eigenvalue weighted by Gasteiger charge is 2.53. The molecule has 0 spiro atoms. The molecule has 1 saturated carbocycles. The Morgan fingerprint density at radius 2 is 2.00 bits per heavy atom. The predicted molar refractivity (Wildman–Crippen MR) is 96.1 cm³/mol. The van der Waals surface area contributed by atoms with E-state index in [9.17, 15) is 13.6 Å². The van der Waals surface area contributed by atoms with Crippen LogP contribution in [0.5, 0.6) is 5.75 Å². The molecule has 5 heteroatoms. The smallest absolute Gasteiger partial charge is 0.220 e. The van der Waals surface area contributed by atoms with E-state index >= 15 is 0 Å². The number of para-hydroxylation sites is 1. The van der Waals surface area contributed by atoms with E-state index in [1.165, 1.54) is 12.1 Å². The Morgan fingerprint density at radius 1 is 1.27 bits per heavy atom. The van der Waals surface area contributed by atoms with E-state index in [1.807, 2.05) is 31.2 Å². The van der Waals surface area contributed by atoms with Crippen molar-refractivity contribution in [2.45, 2.75) is 31.6 Å². The summed E-state index contributed by atoms with van der Waals surface area (Å²) in [6.07, 6.45) is 1.68. The van der Waals surface area contributed by atoms with Crippen LogP contribution in [0, 0.1) is 17.6 Å². The van der Waals surface area contributed by atoms with Crippen LogP contribution in [0.15, 0.2) is 42.5 Å². The molecule has 3 rings (SSSR count). The van der Waals surface area contributed by atoms with Gasteiger partial charge in [-0.15, -0.1) is 0 Å². The van der Waals surface area contributed by atoms with E-state index in [4.69, 9.17) is 4.74 Å². The number of amides is 1. The lowest BCUT2D eigenvalue weighted by Crippen LogP contribution is -2.34. The molecule has 1 fully saturated rings. The third-order valence-corrected chi connectivity index (χ3v) is 5.34. The van der Waals surface area contributed by atoms with Gasteiger partial charge in [0.25, 0.3) is 0 Å². The van der Waals surface area contributed by atoms with Crippen molar-refractivity contribution in [2.24, 2.45) is 5.92 Å². The molecule has 0 heterocycles. The molecule has 138 valence electrons. The molecule has 2 aromatic carbocycles. The van der Waals surface area contributed by atoms with E-state index < -0.39 is 17.0 Å². The van der Waals surface area contributed by atoms with Gasteiger partial charge in [0.15, 0.2) is 0 Å². The fraction of sp³-hybridized carbons (Fsp3) is 0.381. The summed E-state index contributed by atoms with van der Waals surface area (Å²) in [5.74, 6) is -0.206. The predicted octanol–water partition coefficient (Wildman–Crippen LogP) is 4.00. The molecule has 0 radical (unpaired) electrons. The minimum atomic E-state index is -0.587. The number of aryl methyl sites for hydroxylation is 1. The van der Waals surface area contributed by atoms with Crippen molar-refractivity contribution >= 4 is 5.91 Å². The van der Waals surface area contributed by atoms with Gasteiger partial charge >= 0.3 is 0 Å². The highest BCUT2D eigenvalue weighted by molar-refractivity contribution is 5.76. The van der Waals surface area contributed by atoms with Crippen LogP contribution in [-0.2, 0) is 16.6 Å². The molecule has 1 N–H and O–H groups in total. The van der Waals surface area contributed by atoms with E-state index in [0.717, 1.165) is 23.8 Å². The number of rotatable bonds is 7. The first-order valence-corrected chi connectivity index (χ1v) is 8.80. The highest BCUT2D eigenvalue weighted by atomic mass is 19.1. The molecule has 0 aliphatic heterocycles. The highest BCUT2D eigenvalue weighted by Crippen LogP contribution is 2.54. The van der Waals surface area contributed by atoms with Crippen LogP contribution in [-0.4, -0.2) is 19.6 Å². The first kappa shape index (κ1) is 18.4. The molecule has 1 aliphatic rings. The van der Waals surface area contributed by atoms with Crippen molar-refractivity contribution in [3.05, 3.63) is 65.2 Å². The van der Waals surface area contributed by atoms with Crippen molar-refractivity contribution < 1.29 is 18.3 Å². The van der Waals surface area contributed by atoms with Crippen molar-refractivity contribution in [3.8, 4) is 5.75 Å². The van der Waals surface area contributed by atoms with Crippen molar-refractivity contribution in [2.75, 3.05) is 13.7 Å². The van der Waals surface area contributed by atoms with Gasteiger partial charge in [-0.05, 0) is 42.0 Å². The molecule has 3 nitrogen and oxygen atoms in total. The molecule has 0 aromatic heterocycles. The number of benzene rings is 2. The fourth-order valence-electron chi connectivity index (χ4n) is 3.60. The number of nitrogens with one attached hydrogen (secondary N) is 1. The maximum atomic E-state index is 14.2. The third-order valence-electron chi connectivity index (χ3n) is 5.34. The normalized spacial score (nSPS) is 21.3. The van der Waals surface area contributed by atoms with Crippen LogP contribution in [0.2, 0.25) is 0 Å². The molecule has 2 atom stereocenters. The maximum absolute atomic E-state index is 14.2. The van der Waals surface area contributed by atoms with E-state index in [1.54, 1.807) is 7.11 Å². The van der Waals surface area contributed by atoms with Crippen molar-refractivity contribution in [1.82, 2.24) is 5.32 Å².